The van der Waals surface area contributed by atoms with E-state index in [0.29, 0.717) is 40.8 Å². The summed E-state index contributed by atoms with van der Waals surface area (Å²) in [7, 11) is 0. The van der Waals surface area contributed by atoms with Crippen LogP contribution in [0.2, 0.25) is 0 Å². The SMILES string of the molecule is CC(C)CCn1c(=O)c2ccccc2n2c(COc3ccc(C#N)cc3)nnc12. The fraction of sp³-hybridized carbons (Fsp3) is 0.273. The topological polar surface area (TPSA) is 85.2 Å². The predicted molar refractivity (Wildman–Crippen MR) is 110 cm³/mol. The summed E-state index contributed by atoms with van der Waals surface area (Å²) in [6.07, 6.45) is 0.873. The molecule has 0 aliphatic rings. The van der Waals surface area contributed by atoms with Crippen molar-refractivity contribution in [2.45, 2.75) is 33.4 Å². The van der Waals surface area contributed by atoms with Crippen LogP contribution in [0.15, 0.2) is 53.3 Å². The van der Waals surface area contributed by atoms with Crippen LogP contribution >= 0.6 is 0 Å². The van der Waals surface area contributed by atoms with Gasteiger partial charge in [0.1, 0.15) is 12.4 Å². The maximum Gasteiger partial charge on any atom is 0.262 e. The van der Waals surface area contributed by atoms with E-state index >= 15 is 0 Å². The third kappa shape index (κ3) is 3.57. The molecule has 0 amide bonds. The Kier molecular flexibility index (Phi) is 5.00. The van der Waals surface area contributed by atoms with Crippen LogP contribution in [0, 0.1) is 17.2 Å². The molecule has 0 atom stereocenters. The van der Waals surface area contributed by atoms with Crippen LogP contribution in [0.3, 0.4) is 0 Å². The minimum atomic E-state index is -0.0549. The molecular formula is C22H21N5O2. The van der Waals surface area contributed by atoms with Gasteiger partial charge in [0.25, 0.3) is 5.56 Å². The van der Waals surface area contributed by atoms with Crippen LogP contribution in [0.5, 0.6) is 5.75 Å². The molecule has 2 aromatic carbocycles. The fourth-order valence-electron chi connectivity index (χ4n) is 3.27. The van der Waals surface area contributed by atoms with Crippen molar-refractivity contribution in [1.29, 1.82) is 5.26 Å². The summed E-state index contributed by atoms with van der Waals surface area (Å²) >= 11 is 0. The van der Waals surface area contributed by atoms with Crippen molar-refractivity contribution in [3.05, 3.63) is 70.3 Å². The zero-order chi connectivity index (χ0) is 20.4. The maximum atomic E-state index is 13.0. The first-order valence-corrected chi connectivity index (χ1v) is 9.57. The van der Waals surface area contributed by atoms with E-state index < -0.39 is 0 Å². The van der Waals surface area contributed by atoms with Gasteiger partial charge < -0.3 is 4.74 Å². The Morgan fingerprint density at radius 2 is 1.86 bits per heavy atom. The highest BCUT2D eigenvalue weighted by Crippen LogP contribution is 2.18. The lowest BCUT2D eigenvalue weighted by Gasteiger charge is -2.12. The molecule has 0 aliphatic heterocycles. The number of rotatable bonds is 6. The Balaban J connectivity index is 1.77. The zero-order valence-corrected chi connectivity index (χ0v) is 16.4. The van der Waals surface area contributed by atoms with E-state index in [0.717, 1.165) is 11.9 Å². The van der Waals surface area contributed by atoms with Gasteiger partial charge in [-0.2, -0.15) is 5.26 Å². The molecule has 146 valence electrons. The molecule has 29 heavy (non-hydrogen) atoms. The van der Waals surface area contributed by atoms with Gasteiger partial charge in [0.05, 0.1) is 22.5 Å². The average Bonchev–Trinajstić information content (AvgIpc) is 3.16. The number of ether oxygens (including phenoxy) is 1. The standard InChI is InChI=1S/C22H21N5O2/c1-15(2)11-12-26-21(28)18-5-3-4-6-19(18)27-20(24-25-22(26)27)14-29-17-9-7-16(13-23)8-10-17/h3-10,15H,11-12,14H2,1-2H3. The highest BCUT2D eigenvalue weighted by atomic mass is 16.5. The van der Waals surface area contributed by atoms with Gasteiger partial charge in [-0.15, -0.1) is 10.2 Å². The van der Waals surface area contributed by atoms with Gasteiger partial charge in [-0.25, -0.2) is 0 Å². The van der Waals surface area contributed by atoms with Gasteiger partial charge in [-0.05, 0) is 48.7 Å². The molecule has 0 spiro atoms. The lowest BCUT2D eigenvalue weighted by atomic mass is 10.1. The Morgan fingerprint density at radius 3 is 2.59 bits per heavy atom. The van der Waals surface area contributed by atoms with Gasteiger partial charge in [0.2, 0.25) is 5.78 Å². The average molecular weight is 387 g/mol. The summed E-state index contributed by atoms with van der Waals surface area (Å²) in [6.45, 7) is 5.03. The first-order chi connectivity index (χ1) is 14.1. The van der Waals surface area contributed by atoms with Crippen LogP contribution < -0.4 is 10.3 Å². The molecule has 0 radical (unpaired) electrons. The number of para-hydroxylation sites is 1. The number of hydrogen-bond acceptors (Lipinski definition) is 5. The summed E-state index contributed by atoms with van der Waals surface area (Å²) in [5.74, 6) is 2.24. The smallest absolute Gasteiger partial charge is 0.262 e. The Hall–Kier alpha value is -3.66. The number of nitriles is 1. The quantitative estimate of drug-likeness (QED) is 0.505. The third-order valence-corrected chi connectivity index (χ3v) is 4.86. The summed E-state index contributed by atoms with van der Waals surface area (Å²) in [6, 6.07) is 16.5. The van der Waals surface area contributed by atoms with Gasteiger partial charge in [-0.1, -0.05) is 26.0 Å². The lowest BCUT2D eigenvalue weighted by Crippen LogP contribution is -2.24. The van der Waals surface area contributed by atoms with E-state index in [-0.39, 0.29) is 12.2 Å². The van der Waals surface area contributed by atoms with Crippen molar-refractivity contribution in [1.82, 2.24) is 19.2 Å². The van der Waals surface area contributed by atoms with Crippen LogP contribution in [-0.4, -0.2) is 19.2 Å². The number of aromatic nitrogens is 4. The number of fused-ring (bicyclic) bond motifs is 3. The van der Waals surface area contributed by atoms with Crippen molar-refractivity contribution in [2.24, 2.45) is 5.92 Å². The molecule has 0 saturated heterocycles. The molecule has 0 saturated carbocycles. The van der Waals surface area contributed by atoms with Gasteiger partial charge in [-0.3, -0.25) is 13.8 Å². The molecule has 0 aliphatic carbocycles. The van der Waals surface area contributed by atoms with Crippen LogP contribution in [0.1, 0.15) is 31.7 Å². The molecule has 2 aromatic heterocycles. The van der Waals surface area contributed by atoms with E-state index in [1.54, 1.807) is 28.8 Å². The molecule has 0 N–H and O–H groups in total. The molecule has 4 rings (SSSR count). The van der Waals surface area contributed by atoms with Crippen LogP contribution in [0.25, 0.3) is 16.7 Å². The molecule has 0 fully saturated rings. The predicted octanol–water partition coefficient (Wildman–Crippen LogP) is 3.54. The molecule has 0 unspecified atom stereocenters. The molecule has 0 bridgehead atoms. The fourth-order valence-corrected chi connectivity index (χ4v) is 3.27. The van der Waals surface area contributed by atoms with Gasteiger partial charge in [0.15, 0.2) is 5.82 Å². The van der Waals surface area contributed by atoms with E-state index in [4.69, 9.17) is 10.00 Å². The monoisotopic (exact) mass is 387 g/mol. The summed E-state index contributed by atoms with van der Waals surface area (Å²) in [5, 5.41) is 18.1. The highest BCUT2D eigenvalue weighted by Gasteiger charge is 2.17. The minimum Gasteiger partial charge on any atom is -0.486 e. The van der Waals surface area contributed by atoms with Crippen molar-refractivity contribution in [3.8, 4) is 11.8 Å². The summed E-state index contributed by atoms with van der Waals surface area (Å²) in [5.41, 5.74) is 1.28. The normalized spacial score (nSPS) is 11.2. The van der Waals surface area contributed by atoms with Crippen molar-refractivity contribution in [3.63, 3.8) is 0 Å². The number of hydrogen-bond donors (Lipinski definition) is 0. The van der Waals surface area contributed by atoms with Crippen molar-refractivity contribution < 1.29 is 4.74 Å². The number of nitrogens with zero attached hydrogens (tertiary/aromatic N) is 5. The van der Waals surface area contributed by atoms with E-state index in [1.807, 2.05) is 28.7 Å². The second-order valence-corrected chi connectivity index (χ2v) is 7.33. The number of benzene rings is 2. The number of aryl methyl sites for hydroxylation is 1. The van der Waals surface area contributed by atoms with E-state index in [1.165, 1.54) is 0 Å². The second kappa shape index (κ2) is 7.76. The van der Waals surface area contributed by atoms with Crippen molar-refractivity contribution in [2.75, 3.05) is 0 Å². The Bertz CT molecular complexity index is 1260. The van der Waals surface area contributed by atoms with Crippen LogP contribution in [0.4, 0.5) is 0 Å². The van der Waals surface area contributed by atoms with Gasteiger partial charge in [0, 0.05) is 6.54 Å². The first kappa shape index (κ1) is 18.7. The Labute approximate surface area is 167 Å². The summed E-state index contributed by atoms with van der Waals surface area (Å²) in [4.78, 5) is 13.0. The first-order valence-electron chi connectivity index (χ1n) is 9.57. The summed E-state index contributed by atoms with van der Waals surface area (Å²) < 4.78 is 9.44. The van der Waals surface area contributed by atoms with Crippen molar-refractivity contribution >= 4 is 16.7 Å². The zero-order valence-electron chi connectivity index (χ0n) is 16.4. The van der Waals surface area contributed by atoms with Gasteiger partial charge >= 0.3 is 0 Å². The Morgan fingerprint density at radius 1 is 1.10 bits per heavy atom. The van der Waals surface area contributed by atoms with E-state index in [2.05, 4.69) is 30.1 Å². The van der Waals surface area contributed by atoms with Crippen LogP contribution in [-0.2, 0) is 13.2 Å². The largest absolute Gasteiger partial charge is 0.486 e. The molecular weight excluding hydrogens is 366 g/mol. The van der Waals surface area contributed by atoms with E-state index in [9.17, 15) is 4.79 Å². The highest BCUT2D eigenvalue weighted by molar-refractivity contribution is 5.80. The second-order valence-electron chi connectivity index (χ2n) is 7.33. The molecule has 4 aromatic rings. The lowest BCUT2D eigenvalue weighted by molar-refractivity contribution is 0.295. The molecule has 7 heteroatoms. The maximum absolute atomic E-state index is 13.0. The molecule has 2 heterocycles. The molecule has 7 nitrogen and oxygen atoms in total. The minimum absolute atomic E-state index is 0.0549. The third-order valence-electron chi connectivity index (χ3n) is 4.86.